The van der Waals surface area contributed by atoms with Crippen molar-refractivity contribution in [2.75, 3.05) is 6.54 Å². The number of carboxylic acid groups (broad SMARTS) is 1. The molecule has 114 valence electrons. The summed E-state index contributed by atoms with van der Waals surface area (Å²) in [6, 6.07) is 5.14. The Morgan fingerprint density at radius 3 is 2.48 bits per heavy atom. The quantitative estimate of drug-likeness (QED) is 0.926. The SMILES string of the molecule is CC1CCC(C(=O)O)CN1C(=O)Cc1c(Cl)cccc1Cl. The van der Waals surface area contributed by atoms with Crippen LogP contribution in [0, 0.1) is 5.92 Å². The number of benzene rings is 1. The lowest BCUT2D eigenvalue weighted by molar-refractivity contribution is -0.146. The van der Waals surface area contributed by atoms with Gasteiger partial charge in [0, 0.05) is 22.6 Å². The second kappa shape index (κ2) is 6.67. The number of nitrogens with zero attached hydrogens (tertiary/aromatic N) is 1. The highest BCUT2D eigenvalue weighted by atomic mass is 35.5. The van der Waals surface area contributed by atoms with Crippen LogP contribution >= 0.6 is 23.2 Å². The standard InChI is InChI=1S/C15H17Cl2NO3/c1-9-5-6-10(15(20)21)8-18(9)14(19)7-11-12(16)3-2-4-13(11)17/h2-4,9-10H,5-8H2,1H3,(H,20,21). The zero-order chi connectivity index (χ0) is 15.6. The molecular weight excluding hydrogens is 313 g/mol. The van der Waals surface area contributed by atoms with Gasteiger partial charge in [0.15, 0.2) is 0 Å². The Morgan fingerprint density at radius 2 is 1.90 bits per heavy atom. The summed E-state index contributed by atoms with van der Waals surface area (Å²) >= 11 is 12.2. The number of aliphatic carboxylic acids is 1. The van der Waals surface area contributed by atoms with Gasteiger partial charge < -0.3 is 10.0 Å². The van der Waals surface area contributed by atoms with Crippen molar-refractivity contribution >= 4 is 35.1 Å². The average Bonchev–Trinajstić information content (AvgIpc) is 2.43. The smallest absolute Gasteiger partial charge is 0.308 e. The predicted molar refractivity (Wildman–Crippen MR) is 81.7 cm³/mol. The first kappa shape index (κ1) is 16.1. The number of halogens is 2. The van der Waals surface area contributed by atoms with Gasteiger partial charge in [0.1, 0.15) is 0 Å². The van der Waals surface area contributed by atoms with E-state index in [9.17, 15) is 9.59 Å². The van der Waals surface area contributed by atoms with E-state index < -0.39 is 11.9 Å². The molecule has 1 amide bonds. The molecule has 0 aliphatic carbocycles. The fourth-order valence-electron chi connectivity index (χ4n) is 2.61. The lowest BCUT2D eigenvalue weighted by atomic mass is 9.93. The Kier molecular flexibility index (Phi) is 5.12. The van der Waals surface area contributed by atoms with Crippen LogP contribution < -0.4 is 0 Å². The number of rotatable bonds is 3. The van der Waals surface area contributed by atoms with Crippen molar-refractivity contribution in [2.45, 2.75) is 32.2 Å². The van der Waals surface area contributed by atoms with E-state index in [1.807, 2.05) is 6.92 Å². The van der Waals surface area contributed by atoms with E-state index in [4.69, 9.17) is 28.3 Å². The summed E-state index contributed by atoms with van der Waals surface area (Å²) in [5.41, 5.74) is 0.593. The highest BCUT2D eigenvalue weighted by Gasteiger charge is 2.32. The number of carboxylic acids is 1. The van der Waals surface area contributed by atoms with Gasteiger partial charge in [-0.15, -0.1) is 0 Å². The lowest BCUT2D eigenvalue weighted by Gasteiger charge is -2.36. The topological polar surface area (TPSA) is 57.6 Å². The summed E-state index contributed by atoms with van der Waals surface area (Å²) in [7, 11) is 0. The summed E-state index contributed by atoms with van der Waals surface area (Å²) in [4.78, 5) is 25.2. The summed E-state index contributed by atoms with van der Waals surface area (Å²) in [6.45, 7) is 2.18. The molecule has 1 aliphatic heterocycles. The molecule has 2 unspecified atom stereocenters. The number of amides is 1. The van der Waals surface area contributed by atoms with Gasteiger partial charge in [-0.3, -0.25) is 9.59 Å². The fourth-order valence-corrected chi connectivity index (χ4v) is 3.14. The summed E-state index contributed by atoms with van der Waals surface area (Å²) in [5, 5.41) is 10.0. The normalized spacial score (nSPS) is 22.1. The van der Waals surface area contributed by atoms with Crippen molar-refractivity contribution in [3.63, 3.8) is 0 Å². The van der Waals surface area contributed by atoms with E-state index in [-0.39, 0.29) is 24.9 Å². The molecule has 0 radical (unpaired) electrons. The molecule has 1 aliphatic rings. The van der Waals surface area contributed by atoms with Gasteiger partial charge in [-0.05, 0) is 37.5 Å². The van der Waals surface area contributed by atoms with Crippen LogP contribution in [0.3, 0.4) is 0 Å². The van der Waals surface area contributed by atoms with Crippen LogP contribution in [-0.4, -0.2) is 34.5 Å². The molecular formula is C15H17Cl2NO3. The first-order valence-electron chi connectivity index (χ1n) is 6.85. The molecule has 0 saturated carbocycles. The largest absolute Gasteiger partial charge is 0.481 e. The number of piperidine rings is 1. The van der Waals surface area contributed by atoms with Gasteiger partial charge in [0.2, 0.25) is 5.91 Å². The van der Waals surface area contributed by atoms with Crippen LogP contribution in [-0.2, 0) is 16.0 Å². The van der Waals surface area contributed by atoms with E-state index in [2.05, 4.69) is 0 Å². The molecule has 0 bridgehead atoms. The number of carbonyl (C=O) groups excluding carboxylic acids is 1. The molecule has 0 aromatic heterocycles. The maximum Gasteiger partial charge on any atom is 0.308 e. The van der Waals surface area contributed by atoms with E-state index in [0.29, 0.717) is 28.5 Å². The van der Waals surface area contributed by atoms with Crippen LogP contribution in [0.1, 0.15) is 25.3 Å². The second-order valence-electron chi connectivity index (χ2n) is 5.38. The molecule has 1 N–H and O–H groups in total. The molecule has 2 rings (SSSR count). The number of likely N-dealkylation sites (tertiary alicyclic amines) is 1. The summed E-state index contributed by atoms with van der Waals surface area (Å²) in [6.07, 6.45) is 1.39. The van der Waals surface area contributed by atoms with E-state index in [1.165, 1.54) is 0 Å². The molecule has 21 heavy (non-hydrogen) atoms. The molecule has 1 saturated heterocycles. The third-order valence-electron chi connectivity index (χ3n) is 3.94. The predicted octanol–water partition coefficient (Wildman–Crippen LogP) is 3.25. The Morgan fingerprint density at radius 1 is 1.29 bits per heavy atom. The van der Waals surface area contributed by atoms with E-state index in [1.54, 1.807) is 23.1 Å². The van der Waals surface area contributed by atoms with Gasteiger partial charge in [0.05, 0.1) is 12.3 Å². The van der Waals surface area contributed by atoms with Crippen LogP contribution in [0.4, 0.5) is 0 Å². The van der Waals surface area contributed by atoms with Gasteiger partial charge in [-0.1, -0.05) is 29.3 Å². The summed E-state index contributed by atoms with van der Waals surface area (Å²) in [5.74, 6) is -1.48. The molecule has 1 heterocycles. The third kappa shape index (κ3) is 3.69. The lowest BCUT2D eigenvalue weighted by Crippen LogP contribution is -2.48. The minimum absolute atomic E-state index is 0.0364. The summed E-state index contributed by atoms with van der Waals surface area (Å²) < 4.78 is 0. The van der Waals surface area contributed by atoms with Crippen molar-refractivity contribution in [1.29, 1.82) is 0 Å². The van der Waals surface area contributed by atoms with Gasteiger partial charge in [0.25, 0.3) is 0 Å². The zero-order valence-corrected chi connectivity index (χ0v) is 13.2. The highest BCUT2D eigenvalue weighted by molar-refractivity contribution is 6.36. The minimum Gasteiger partial charge on any atom is -0.481 e. The molecule has 0 spiro atoms. The van der Waals surface area contributed by atoms with E-state index in [0.717, 1.165) is 0 Å². The molecule has 1 aromatic carbocycles. The Hall–Kier alpha value is -1.26. The van der Waals surface area contributed by atoms with Gasteiger partial charge >= 0.3 is 5.97 Å². The number of hydrogen-bond donors (Lipinski definition) is 1. The first-order valence-corrected chi connectivity index (χ1v) is 7.61. The first-order chi connectivity index (χ1) is 9.90. The van der Waals surface area contributed by atoms with Crippen LogP contribution in [0.2, 0.25) is 10.0 Å². The van der Waals surface area contributed by atoms with Crippen molar-refractivity contribution in [3.8, 4) is 0 Å². The maximum absolute atomic E-state index is 12.5. The van der Waals surface area contributed by atoms with E-state index >= 15 is 0 Å². The Bertz CT molecular complexity index is 542. The molecule has 1 fully saturated rings. The van der Waals surface area contributed by atoms with Crippen LogP contribution in [0.5, 0.6) is 0 Å². The third-order valence-corrected chi connectivity index (χ3v) is 4.65. The van der Waals surface area contributed by atoms with Gasteiger partial charge in [-0.25, -0.2) is 0 Å². The molecule has 4 nitrogen and oxygen atoms in total. The van der Waals surface area contributed by atoms with Crippen molar-refractivity contribution < 1.29 is 14.7 Å². The minimum atomic E-state index is -0.851. The van der Waals surface area contributed by atoms with Crippen molar-refractivity contribution in [3.05, 3.63) is 33.8 Å². The average molecular weight is 330 g/mol. The molecule has 1 aromatic rings. The molecule has 2 atom stereocenters. The zero-order valence-electron chi connectivity index (χ0n) is 11.7. The van der Waals surface area contributed by atoms with Gasteiger partial charge in [-0.2, -0.15) is 0 Å². The van der Waals surface area contributed by atoms with Crippen LogP contribution in [0.25, 0.3) is 0 Å². The fraction of sp³-hybridized carbons (Fsp3) is 0.467. The second-order valence-corrected chi connectivity index (χ2v) is 6.20. The Balaban J connectivity index is 2.13. The number of hydrogen-bond acceptors (Lipinski definition) is 2. The Labute approximate surface area is 133 Å². The van der Waals surface area contributed by atoms with Crippen molar-refractivity contribution in [2.24, 2.45) is 5.92 Å². The van der Waals surface area contributed by atoms with Crippen molar-refractivity contribution in [1.82, 2.24) is 4.90 Å². The number of carbonyl (C=O) groups is 2. The monoisotopic (exact) mass is 329 g/mol. The maximum atomic E-state index is 12.5. The molecule has 6 heteroatoms. The van der Waals surface area contributed by atoms with Crippen LogP contribution in [0.15, 0.2) is 18.2 Å². The highest BCUT2D eigenvalue weighted by Crippen LogP contribution is 2.27.